The van der Waals surface area contributed by atoms with Gasteiger partial charge < -0.3 is 9.47 Å². The Labute approximate surface area is 118 Å². The van der Waals surface area contributed by atoms with Gasteiger partial charge in [0.25, 0.3) is 0 Å². The molecule has 0 aromatic rings. The summed E-state index contributed by atoms with van der Waals surface area (Å²) in [5.74, 6) is -0.998. The summed E-state index contributed by atoms with van der Waals surface area (Å²) >= 11 is 0. The molecule has 1 aliphatic rings. The molecular formula is C14H22O6. The second-order valence-corrected chi connectivity index (χ2v) is 4.54. The van der Waals surface area contributed by atoms with Crippen molar-refractivity contribution in [2.45, 2.75) is 47.0 Å². The molecule has 6 heteroatoms. The predicted octanol–water partition coefficient (Wildman–Crippen LogP) is 1.45. The molecule has 0 aromatic heterocycles. The van der Waals surface area contributed by atoms with Gasteiger partial charge in [-0.05, 0) is 40.5 Å². The maximum absolute atomic E-state index is 11.1. The Morgan fingerprint density at radius 2 is 1.45 bits per heavy atom. The van der Waals surface area contributed by atoms with Gasteiger partial charge in [-0.2, -0.15) is 0 Å². The van der Waals surface area contributed by atoms with Gasteiger partial charge in [0.1, 0.15) is 23.4 Å². The van der Waals surface area contributed by atoms with Crippen LogP contribution in [0.1, 0.15) is 47.0 Å². The minimum absolute atomic E-state index is 0.0593. The summed E-state index contributed by atoms with van der Waals surface area (Å²) in [6.45, 7) is 6.95. The average molecular weight is 286 g/mol. The number of hydrogen-bond donors (Lipinski definition) is 0. The zero-order valence-corrected chi connectivity index (χ0v) is 12.5. The molecule has 1 fully saturated rings. The van der Waals surface area contributed by atoms with E-state index < -0.39 is 11.4 Å². The van der Waals surface area contributed by atoms with Crippen molar-refractivity contribution in [1.82, 2.24) is 0 Å². The Hall–Kier alpha value is -1.72. The first kappa shape index (κ1) is 18.3. The van der Waals surface area contributed by atoms with Crippen molar-refractivity contribution in [3.05, 3.63) is 0 Å². The minimum atomic E-state index is -0.740. The average Bonchev–Trinajstić information content (AvgIpc) is 3.10. The Bertz CT molecular complexity index is 381. The van der Waals surface area contributed by atoms with Crippen LogP contribution in [-0.4, -0.2) is 36.7 Å². The molecule has 0 bridgehead atoms. The molecule has 0 aromatic carbocycles. The fraction of sp³-hybridized carbons (Fsp3) is 0.714. The van der Waals surface area contributed by atoms with Gasteiger partial charge in [0.15, 0.2) is 0 Å². The van der Waals surface area contributed by atoms with Crippen molar-refractivity contribution >= 4 is 23.5 Å². The highest BCUT2D eigenvalue weighted by Gasteiger charge is 2.55. The molecule has 1 rings (SSSR count). The maximum Gasteiger partial charge on any atom is 0.319 e. The SMILES string of the molecule is CCOC(=O)C1(C(C)=O)CC1.CCOC(=O)CC(C)=O. The smallest absolute Gasteiger partial charge is 0.319 e. The molecule has 0 heterocycles. The molecule has 6 nitrogen and oxygen atoms in total. The van der Waals surface area contributed by atoms with Crippen LogP contribution in [0.5, 0.6) is 0 Å². The van der Waals surface area contributed by atoms with Gasteiger partial charge in [-0.25, -0.2) is 0 Å². The number of rotatable bonds is 6. The zero-order valence-electron chi connectivity index (χ0n) is 12.5. The summed E-state index contributed by atoms with van der Waals surface area (Å²) in [4.78, 5) is 42.7. The monoisotopic (exact) mass is 286 g/mol. The summed E-state index contributed by atoms with van der Waals surface area (Å²) in [6, 6.07) is 0. The van der Waals surface area contributed by atoms with Crippen LogP contribution in [0.3, 0.4) is 0 Å². The third kappa shape index (κ3) is 5.95. The summed E-state index contributed by atoms with van der Waals surface area (Å²) in [5.41, 5.74) is -0.740. The van der Waals surface area contributed by atoms with Gasteiger partial charge in [-0.15, -0.1) is 0 Å². The fourth-order valence-electron chi connectivity index (χ4n) is 1.51. The summed E-state index contributed by atoms with van der Waals surface area (Å²) in [7, 11) is 0. The van der Waals surface area contributed by atoms with Gasteiger partial charge in [0.05, 0.1) is 13.2 Å². The summed E-state index contributed by atoms with van der Waals surface area (Å²) in [5, 5.41) is 0. The Morgan fingerprint density at radius 1 is 0.950 bits per heavy atom. The molecule has 0 unspecified atom stereocenters. The normalized spacial score (nSPS) is 14.4. The van der Waals surface area contributed by atoms with Gasteiger partial charge in [-0.1, -0.05) is 0 Å². The van der Waals surface area contributed by atoms with E-state index in [9.17, 15) is 19.2 Å². The third-order valence-corrected chi connectivity index (χ3v) is 2.79. The zero-order chi connectivity index (χ0) is 15.8. The van der Waals surface area contributed by atoms with Gasteiger partial charge in [0.2, 0.25) is 0 Å². The first-order valence-corrected chi connectivity index (χ1v) is 6.63. The fourth-order valence-corrected chi connectivity index (χ4v) is 1.51. The Kier molecular flexibility index (Phi) is 7.72. The van der Waals surface area contributed by atoms with Gasteiger partial charge >= 0.3 is 11.9 Å². The van der Waals surface area contributed by atoms with Crippen molar-refractivity contribution in [1.29, 1.82) is 0 Å². The van der Waals surface area contributed by atoms with Gasteiger partial charge in [0, 0.05) is 0 Å². The number of ketones is 2. The number of hydrogen-bond acceptors (Lipinski definition) is 6. The Balaban J connectivity index is 0.000000370. The third-order valence-electron chi connectivity index (χ3n) is 2.79. The minimum Gasteiger partial charge on any atom is -0.466 e. The Morgan fingerprint density at radius 3 is 1.75 bits per heavy atom. The van der Waals surface area contributed by atoms with E-state index in [1.54, 1.807) is 13.8 Å². The lowest BCUT2D eigenvalue weighted by atomic mass is 10.0. The predicted molar refractivity (Wildman–Crippen MR) is 70.9 cm³/mol. The van der Waals surface area contributed by atoms with E-state index in [1.165, 1.54) is 13.8 Å². The molecule has 20 heavy (non-hydrogen) atoms. The van der Waals surface area contributed by atoms with Crippen LogP contribution < -0.4 is 0 Å². The van der Waals surface area contributed by atoms with E-state index in [4.69, 9.17) is 4.74 Å². The first-order valence-electron chi connectivity index (χ1n) is 6.63. The second-order valence-electron chi connectivity index (χ2n) is 4.54. The molecule has 114 valence electrons. The van der Waals surface area contributed by atoms with Crippen molar-refractivity contribution < 1.29 is 28.7 Å². The second kappa shape index (κ2) is 8.45. The van der Waals surface area contributed by atoms with Crippen molar-refractivity contribution in [3.8, 4) is 0 Å². The molecule has 1 saturated carbocycles. The molecule has 0 aliphatic heterocycles. The van der Waals surface area contributed by atoms with Crippen LogP contribution in [0, 0.1) is 5.41 Å². The largest absolute Gasteiger partial charge is 0.466 e. The molecule has 0 radical (unpaired) electrons. The summed E-state index contributed by atoms with van der Waals surface area (Å²) < 4.78 is 9.26. The number of carbonyl (C=O) groups is 4. The molecular weight excluding hydrogens is 264 g/mol. The topological polar surface area (TPSA) is 86.7 Å². The molecule has 0 atom stereocenters. The van der Waals surface area contributed by atoms with Crippen LogP contribution in [0.4, 0.5) is 0 Å². The van der Waals surface area contributed by atoms with E-state index in [0.717, 1.165) is 0 Å². The van der Waals surface area contributed by atoms with E-state index in [0.29, 0.717) is 26.1 Å². The van der Waals surface area contributed by atoms with Crippen LogP contribution >= 0.6 is 0 Å². The van der Waals surface area contributed by atoms with E-state index in [1.807, 2.05) is 0 Å². The van der Waals surface area contributed by atoms with Crippen molar-refractivity contribution in [3.63, 3.8) is 0 Å². The van der Waals surface area contributed by atoms with E-state index in [2.05, 4.69) is 4.74 Å². The highest BCUT2D eigenvalue weighted by molar-refractivity contribution is 6.05. The van der Waals surface area contributed by atoms with Crippen LogP contribution in [-0.2, 0) is 28.7 Å². The highest BCUT2D eigenvalue weighted by atomic mass is 16.5. The number of ether oxygens (including phenoxy) is 2. The maximum atomic E-state index is 11.1. The van der Waals surface area contributed by atoms with Gasteiger partial charge in [-0.3, -0.25) is 19.2 Å². The molecule has 0 N–H and O–H groups in total. The van der Waals surface area contributed by atoms with Crippen molar-refractivity contribution in [2.24, 2.45) is 5.41 Å². The van der Waals surface area contributed by atoms with Crippen LogP contribution in [0.25, 0.3) is 0 Å². The number of carbonyl (C=O) groups excluding carboxylic acids is 4. The highest BCUT2D eigenvalue weighted by Crippen LogP contribution is 2.47. The van der Waals surface area contributed by atoms with Crippen LogP contribution in [0.15, 0.2) is 0 Å². The lowest BCUT2D eigenvalue weighted by Crippen LogP contribution is -2.25. The number of esters is 2. The first-order chi connectivity index (χ1) is 9.30. The molecule has 0 amide bonds. The molecule has 1 aliphatic carbocycles. The lowest BCUT2D eigenvalue weighted by molar-refractivity contribution is -0.153. The lowest BCUT2D eigenvalue weighted by Gasteiger charge is -2.08. The van der Waals surface area contributed by atoms with E-state index in [-0.39, 0.29) is 24.0 Å². The standard InChI is InChI=1S/C8H12O3.C6H10O3/c1-3-11-7(10)8(4-5-8)6(2)9;1-3-9-6(8)4-5(2)7/h3-5H2,1-2H3;3-4H2,1-2H3. The summed E-state index contributed by atoms with van der Waals surface area (Å²) in [6.07, 6.45) is 1.23. The molecule has 0 spiro atoms. The van der Waals surface area contributed by atoms with Crippen LogP contribution in [0.2, 0.25) is 0 Å². The number of Topliss-reactive ketones (excluding diaryl/α,β-unsaturated/α-hetero) is 2. The van der Waals surface area contributed by atoms with E-state index >= 15 is 0 Å². The quantitative estimate of drug-likeness (QED) is 0.542. The van der Waals surface area contributed by atoms with Crippen molar-refractivity contribution in [2.75, 3.05) is 13.2 Å². The molecule has 0 saturated heterocycles.